The van der Waals surface area contributed by atoms with Crippen LogP contribution in [0.1, 0.15) is 22.2 Å². The van der Waals surface area contributed by atoms with E-state index in [1.54, 1.807) is 0 Å². The molecule has 4 rings (SSSR count). The highest BCUT2D eigenvalue weighted by Crippen LogP contribution is 2.44. The number of urea groups is 1. The van der Waals surface area contributed by atoms with Gasteiger partial charge in [-0.15, -0.1) is 0 Å². The van der Waals surface area contributed by atoms with Gasteiger partial charge in [0.2, 0.25) is 5.72 Å². The number of ketones is 1. The van der Waals surface area contributed by atoms with Crippen molar-refractivity contribution in [3.63, 3.8) is 0 Å². The summed E-state index contributed by atoms with van der Waals surface area (Å²) in [7, 11) is 0. The Morgan fingerprint density at radius 3 is 2.27 bits per heavy atom. The van der Waals surface area contributed by atoms with Crippen molar-refractivity contribution < 1.29 is 36.7 Å². The van der Waals surface area contributed by atoms with Gasteiger partial charge in [-0.2, -0.15) is 13.2 Å². The molecule has 33 heavy (non-hydrogen) atoms. The Morgan fingerprint density at radius 1 is 1.03 bits per heavy atom. The quantitative estimate of drug-likeness (QED) is 0.366. The number of benzene rings is 2. The maximum absolute atomic E-state index is 14.0. The fourth-order valence-electron chi connectivity index (χ4n) is 3.66. The van der Waals surface area contributed by atoms with Gasteiger partial charge < -0.3 is 20.2 Å². The summed E-state index contributed by atoms with van der Waals surface area (Å²) in [6, 6.07) is 9.79. The first-order valence-electron chi connectivity index (χ1n) is 9.53. The molecule has 2 amide bonds. The lowest BCUT2D eigenvalue weighted by molar-refractivity contribution is -0.288. The zero-order valence-corrected chi connectivity index (χ0v) is 17.2. The molecule has 1 saturated heterocycles. The monoisotopic (exact) mass is 482 g/mol. The smallest absolute Gasteiger partial charge is 0.437 e. The van der Waals surface area contributed by atoms with Crippen molar-refractivity contribution in [2.75, 3.05) is 0 Å². The first-order chi connectivity index (χ1) is 15.5. The second kappa shape index (κ2) is 8.20. The lowest BCUT2D eigenvalue weighted by atomic mass is 9.79. The van der Waals surface area contributed by atoms with Gasteiger partial charge in [0.25, 0.3) is 0 Å². The van der Waals surface area contributed by atoms with Crippen molar-refractivity contribution in [2.45, 2.75) is 17.9 Å². The number of hydrogen-bond acceptors (Lipinski definition) is 4. The number of hydrogen-bond donors (Lipinski definition) is 3. The molecular formula is C22H15ClF4N2O4. The van der Waals surface area contributed by atoms with Crippen LogP contribution in [-0.4, -0.2) is 28.8 Å². The van der Waals surface area contributed by atoms with Crippen LogP contribution >= 0.6 is 11.6 Å². The molecule has 0 bridgehead atoms. The Bertz CT molecular complexity index is 1190. The second-order valence-corrected chi connectivity index (χ2v) is 7.83. The van der Waals surface area contributed by atoms with Crippen molar-refractivity contribution in [2.24, 2.45) is 5.92 Å². The topological polar surface area (TPSA) is 91.6 Å². The molecule has 6 nitrogen and oxygen atoms in total. The number of nitrogens with one attached hydrogen (secondary N) is 2. The Hall–Kier alpha value is -3.37. The molecule has 1 fully saturated rings. The van der Waals surface area contributed by atoms with Gasteiger partial charge in [0.05, 0.1) is 0 Å². The van der Waals surface area contributed by atoms with Gasteiger partial charge in [-0.3, -0.25) is 4.79 Å². The molecule has 0 aliphatic carbocycles. The summed E-state index contributed by atoms with van der Waals surface area (Å²) in [6.45, 7) is 0. The highest BCUT2D eigenvalue weighted by Gasteiger charge is 2.66. The number of halogens is 5. The SMILES string of the molecule is O=C1N[C@@H](c2ccc(-c3ccc(F)cc3)o2)[C@@H](C(=O)c2ccc(Cl)cc2)[C@@](O)(C(F)(F)F)N1. The van der Waals surface area contributed by atoms with E-state index in [2.05, 4.69) is 5.32 Å². The van der Waals surface area contributed by atoms with Gasteiger partial charge in [0.15, 0.2) is 5.78 Å². The van der Waals surface area contributed by atoms with Crippen LogP contribution in [0, 0.1) is 11.7 Å². The van der Waals surface area contributed by atoms with E-state index >= 15 is 0 Å². The number of alkyl halides is 3. The highest BCUT2D eigenvalue weighted by molar-refractivity contribution is 6.30. The van der Waals surface area contributed by atoms with Gasteiger partial charge in [-0.1, -0.05) is 11.6 Å². The lowest BCUT2D eigenvalue weighted by Gasteiger charge is -2.44. The van der Waals surface area contributed by atoms with Crippen LogP contribution < -0.4 is 10.6 Å². The van der Waals surface area contributed by atoms with Gasteiger partial charge in [0.1, 0.15) is 29.3 Å². The fraction of sp³-hybridized carbons (Fsp3) is 0.182. The maximum atomic E-state index is 14.0. The van der Waals surface area contributed by atoms with Gasteiger partial charge in [-0.05, 0) is 60.7 Å². The summed E-state index contributed by atoms with van der Waals surface area (Å²) in [6.07, 6.45) is -5.40. The number of rotatable bonds is 4. The average Bonchev–Trinajstić information content (AvgIpc) is 3.23. The number of furan rings is 1. The second-order valence-electron chi connectivity index (χ2n) is 7.40. The van der Waals surface area contributed by atoms with E-state index < -0.39 is 41.5 Å². The molecule has 3 aromatic rings. The predicted octanol–water partition coefficient (Wildman–Crippen LogP) is 4.84. The Balaban J connectivity index is 1.80. The van der Waals surface area contributed by atoms with Crippen molar-refractivity contribution in [1.82, 2.24) is 10.6 Å². The largest absolute Gasteiger partial charge is 0.459 e. The molecule has 2 aromatic carbocycles. The van der Waals surface area contributed by atoms with Crippen LogP contribution in [0.4, 0.5) is 22.4 Å². The average molecular weight is 483 g/mol. The van der Waals surface area contributed by atoms with E-state index in [1.807, 2.05) is 0 Å². The first kappa shape index (κ1) is 22.8. The van der Waals surface area contributed by atoms with E-state index in [0.717, 1.165) is 0 Å². The Kier molecular flexibility index (Phi) is 5.67. The number of amides is 2. The molecule has 1 aliphatic rings. The predicted molar refractivity (Wildman–Crippen MR) is 109 cm³/mol. The van der Waals surface area contributed by atoms with Crippen molar-refractivity contribution in [1.29, 1.82) is 0 Å². The van der Waals surface area contributed by atoms with Crippen molar-refractivity contribution in [3.8, 4) is 11.3 Å². The normalized spacial score (nSPS) is 23.0. The van der Waals surface area contributed by atoms with Crippen molar-refractivity contribution in [3.05, 3.63) is 82.8 Å². The molecule has 11 heteroatoms. The Morgan fingerprint density at radius 2 is 1.67 bits per heavy atom. The summed E-state index contributed by atoms with van der Waals surface area (Å²) in [4.78, 5) is 25.3. The van der Waals surface area contributed by atoms with E-state index in [9.17, 15) is 32.3 Å². The van der Waals surface area contributed by atoms with E-state index in [1.165, 1.54) is 66.0 Å². The van der Waals surface area contributed by atoms with Crippen LogP contribution in [0.2, 0.25) is 5.02 Å². The highest BCUT2D eigenvalue weighted by atomic mass is 35.5. The molecule has 0 saturated carbocycles. The van der Waals surface area contributed by atoms with Crippen LogP contribution in [0.5, 0.6) is 0 Å². The molecule has 2 heterocycles. The van der Waals surface area contributed by atoms with Crippen molar-refractivity contribution >= 4 is 23.4 Å². The van der Waals surface area contributed by atoms with Crippen LogP contribution in [-0.2, 0) is 0 Å². The summed E-state index contributed by atoms with van der Waals surface area (Å²) in [5.41, 5.74) is -3.64. The zero-order chi connectivity index (χ0) is 24.0. The number of carbonyl (C=O) groups is 2. The molecule has 3 atom stereocenters. The summed E-state index contributed by atoms with van der Waals surface area (Å²) < 4.78 is 60.7. The van der Waals surface area contributed by atoms with Crippen LogP contribution in [0.15, 0.2) is 65.1 Å². The molecule has 3 N–H and O–H groups in total. The Labute approximate surface area is 189 Å². The molecule has 0 unspecified atom stereocenters. The maximum Gasteiger partial charge on any atom is 0.437 e. The summed E-state index contributed by atoms with van der Waals surface area (Å²) in [5.74, 6) is -3.91. The third kappa shape index (κ3) is 4.19. The lowest BCUT2D eigenvalue weighted by Crippen LogP contribution is -2.72. The molecule has 172 valence electrons. The van der Waals surface area contributed by atoms with E-state index in [-0.39, 0.29) is 22.1 Å². The third-order valence-corrected chi connectivity index (χ3v) is 5.53. The summed E-state index contributed by atoms with van der Waals surface area (Å²) >= 11 is 5.80. The minimum atomic E-state index is -5.40. The van der Waals surface area contributed by atoms with Gasteiger partial charge in [0, 0.05) is 16.1 Å². The molecular weight excluding hydrogens is 468 g/mol. The molecule has 0 spiro atoms. The molecule has 0 radical (unpaired) electrons. The van der Waals surface area contributed by atoms with Gasteiger partial charge in [-0.25, -0.2) is 9.18 Å². The third-order valence-electron chi connectivity index (χ3n) is 5.28. The standard InChI is InChI=1S/C22H15ClF4N2O4/c23-13-5-1-12(2-6-13)19(30)17-18(28-20(31)29-21(17,32)22(25,26)27)16-10-9-15(33-16)11-3-7-14(24)8-4-11/h1-10,17-18,32H,(H2,28,29,31)/t17-,18-,21+/m0/s1. The minimum Gasteiger partial charge on any atom is -0.459 e. The molecule has 1 aliphatic heterocycles. The zero-order valence-electron chi connectivity index (χ0n) is 16.5. The minimum absolute atomic E-state index is 0.158. The van der Waals surface area contributed by atoms with Gasteiger partial charge >= 0.3 is 12.2 Å². The van der Waals surface area contributed by atoms with E-state index in [0.29, 0.717) is 5.56 Å². The van der Waals surface area contributed by atoms with E-state index in [4.69, 9.17) is 16.0 Å². The number of aliphatic hydroxyl groups is 1. The number of Topliss-reactive ketones (excluding diaryl/α,β-unsaturated/α-hetero) is 1. The van der Waals surface area contributed by atoms with Crippen LogP contribution in [0.25, 0.3) is 11.3 Å². The first-order valence-corrected chi connectivity index (χ1v) is 9.90. The van der Waals surface area contributed by atoms with Crippen LogP contribution in [0.3, 0.4) is 0 Å². The summed E-state index contributed by atoms with van der Waals surface area (Å²) in [5, 5.41) is 14.5. The number of carbonyl (C=O) groups excluding carboxylic acids is 2. The fourth-order valence-corrected chi connectivity index (χ4v) is 3.79. The molecule has 1 aromatic heterocycles.